The molecule has 0 spiro atoms. The topological polar surface area (TPSA) is 56.5 Å². The summed E-state index contributed by atoms with van der Waals surface area (Å²) in [4.78, 5) is 22.9. The molecule has 4 nitrogen and oxygen atoms in total. The van der Waals surface area contributed by atoms with E-state index in [1.807, 2.05) is 50.2 Å². The highest BCUT2D eigenvalue weighted by molar-refractivity contribution is 6.10. The van der Waals surface area contributed by atoms with Crippen LogP contribution in [0.25, 0.3) is 16.9 Å². The number of aryl methyl sites for hydroxylation is 1. The Morgan fingerprint density at radius 3 is 2.48 bits per heavy atom. The average Bonchev–Trinajstić information content (AvgIpc) is 3.02. The van der Waals surface area contributed by atoms with Crippen LogP contribution in [0.5, 0.6) is 0 Å². The fraction of sp³-hybridized carbons (Fsp3) is 0.176. The highest BCUT2D eigenvalue weighted by Crippen LogP contribution is 2.33. The van der Waals surface area contributed by atoms with Gasteiger partial charge in [0.15, 0.2) is 0 Å². The SMILES string of the molecule is C/C(=C1/CC(=O)OC1=O)c1cc(-c2ccccc2)oc1C. The van der Waals surface area contributed by atoms with Crippen LogP contribution in [0, 0.1) is 6.92 Å². The molecule has 1 aromatic carbocycles. The number of carbonyl (C=O) groups is 2. The van der Waals surface area contributed by atoms with Crippen molar-refractivity contribution in [2.75, 3.05) is 0 Å². The second-order valence-electron chi connectivity index (χ2n) is 4.99. The van der Waals surface area contributed by atoms with Crippen molar-refractivity contribution in [3.63, 3.8) is 0 Å². The second-order valence-corrected chi connectivity index (χ2v) is 4.99. The molecule has 1 aromatic heterocycles. The minimum absolute atomic E-state index is 0.0238. The number of allylic oxidation sites excluding steroid dienone is 1. The Morgan fingerprint density at radius 1 is 1.14 bits per heavy atom. The van der Waals surface area contributed by atoms with Crippen molar-refractivity contribution < 1.29 is 18.7 Å². The molecule has 0 saturated carbocycles. The third-order valence-electron chi connectivity index (χ3n) is 3.61. The van der Waals surface area contributed by atoms with Crippen LogP contribution in [-0.2, 0) is 14.3 Å². The van der Waals surface area contributed by atoms with Gasteiger partial charge in [-0.25, -0.2) is 4.79 Å². The fourth-order valence-electron chi connectivity index (χ4n) is 2.46. The van der Waals surface area contributed by atoms with Crippen LogP contribution in [0.3, 0.4) is 0 Å². The van der Waals surface area contributed by atoms with Gasteiger partial charge in [0.25, 0.3) is 0 Å². The van der Waals surface area contributed by atoms with E-state index in [0.717, 1.165) is 22.5 Å². The zero-order valence-corrected chi connectivity index (χ0v) is 11.8. The first-order valence-corrected chi connectivity index (χ1v) is 6.67. The zero-order chi connectivity index (χ0) is 15.0. The number of ether oxygens (including phenoxy) is 1. The summed E-state index contributed by atoms with van der Waals surface area (Å²) in [7, 11) is 0. The number of esters is 2. The van der Waals surface area contributed by atoms with Crippen molar-refractivity contribution in [3.8, 4) is 11.3 Å². The van der Waals surface area contributed by atoms with E-state index in [-0.39, 0.29) is 6.42 Å². The lowest BCUT2D eigenvalue weighted by atomic mass is 10.00. The largest absolute Gasteiger partial charge is 0.461 e. The Bertz CT molecular complexity index is 750. The molecule has 21 heavy (non-hydrogen) atoms. The normalized spacial score (nSPS) is 17.0. The van der Waals surface area contributed by atoms with Crippen molar-refractivity contribution in [1.29, 1.82) is 0 Å². The van der Waals surface area contributed by atoms with Crippen LogP contribution in [-0.4, -0.2) is 11.9 Å². The van der Waals surface area contributed by atoms with E-state index in [2.05, 4.69) is 4.74 Å². The number of hydrogen-bond donors (Lipinski definition) is 0. The molecular formula is C17H14O4. The summed E-state index contributed by atoms with van der Waals surface area (Å²) in [6.45, 7) is 3.65. The van der Waals surface area contributed by atoms with Gasteiger partial charge < -0.3 is 9.15 Å². The number of hydrogen-bond acceptors (Lipinski definition) is 4. The fourth-order valence-corrected chi connectivity index (χ4v) is 2.46. The average molecular weight is 282 g/mol. The van der Waals surface area contributed by atoms with Gasteiger partial charge in [0.2, 0.25) is 0 Å². The van der Waals surface area contributed by atoms with E-state index in [0.29, 0.717) is 11.3 Å². The molecule has 2 aromatic rings. The van der Waals surface area contributed by atoms with Gasteiger partial charge in [-0.15, -0.1) is 0 Å². The van der Waals surface area contributed by atoms with Gasteiger partial charge in [-0.05, 0) is 25.5 Å². The van der Waals surface area contributed by atoms with E-state index in [4.69, 9.17) is 4.42 Å². The lowest BCUT2D eigenvalue weighted by molar-refractivity contribution is -0.151. The summed E-state index contributed by atoms with van der Waals surface area (Å²) in [5.41, 5.74) is 2.93. The summed E-state index contributed by atoms with van der Waals surface area (Å²) in [6, 6.07) is 11.6. The molecule has 0 aliphatic carbocycles. The highest BCUT2D eigenvalue weighted by Gasteiger charge is 2.30. The van der Waals surface area contributed by atoms with Gasteiger partial charge in [0.1, 0.15) is 11.5 Å². The molecule has 0 atom stereocenters. The lowest BCUT2D eigenvalue weighted by Gasteiger charge is -2.00. The van der Waals surface area contributed by atoms with Crippen LogP contribution in [0.15, 0.2) is 46.4 Å². The zero-order valence-electron chi connectivity index (χ0n) is 11.8. The van der Waals surface area contributed by atoms with Gasteiger partial charge in [-0.3, -0.25) is 4.79 Å². The number of benzene rings is 1. The Kier molecular flexibility index (Phi) is 3.22. The minimum Gasteiger partial charge on any atom is -0.461 e. The molecular weight excluding hydrogens is 268 g/mol. The standard InChI is InChI=1S/C17H14O4/c1-10(14-9-16(18)21-17(14)19)13-8-15(20-11(13)2)12-6-4-3-5-7-12/h3-8H,9H2,1-2H3/b14-10+. The van der Waals surface area contributed by atoms with E-state index < -0.39 is 11.9 Å². The predicted octanol–water partition coefficient (Wildman–Crippen LogP) is 3.50. The van der Waals surface area contributed by atoms with Crippen LogP contribution >= 0.6 is 0 Å². The molecule has 1 saturated heterocycles. The Labute approximate surface area is 122 Å². The number of rotatable bonds is 2. The first-order valence-electron chi connectivity index (χ1n) is 6.67. The van der Waals surface area contributed by atoms with Crippen molar-refractivity contribution in [1.82, 2.24) is 0 Å². The Morgan fingerprint density at radius 2 is 1.86 bits per heavy atom. The van der Waals surface area contributed by atoms with Gasteiger partial charge in [0.05, 0.1) is 12.0 Å². The van der Waals surface area contributed by atoms with Gasteiger partial charge >= 0.3 is 11.9 Å². The summed E-state index contributed by atoms with van der Waals surface area (Å²) in [5, 5.41) is 0. The first kappa shape index (κ1) is 13.4. The molecule has 0 amide bonds. The van der Waals surface area contributed by atoms with E-state index in [1.165, 1.54) is 0 Å². The van der Waals surface area contributed by atoms with Gasteiger partial charge in [-0.1, -0.05) is 30.3 Å². The third kappa shape index (κ3) is 2.40. The molecule has 0 radical (unpaired) electrons. The molecule has 1 aliphatic rings. The molecule has 106 valence electrons. The molecule has 0 unspecified atom stereocenters. The van der Waals surface area contributed by atoms with Crippen molar-refractivity contribution in [3.05, 3.63) is 53.3 Å². The maximum atomic E-state index is 11.7. The minimum atomic E-state index is -0.556. The summed E-state index contributed by atoms with van der Waals surface area (Å²) < 4.78 is 10.4. The molecule has 2 heterocycles. The molecule has 0 N–H and O–H groups in total. The maximum Gasteiger partial charge on any atom is 0.342 e. The number of cyclic esters (lactones) is 2. The summed E-state index contributed by atoms with van der Waals surface area (Å²) in [5.74, 6) is 0.393. The predicted molar refractivity (Wildman–Crippen MR) is 77.2 cm³/mol. The van der Waals surface area contributed by atoms with Crippen LogP contribution < -0.4 is 0 Å². The number of carbonyl (C=O) groups excluding carboxylic acids is 2. The molecule has 3 rings (SSSR count). The van der Waals surface area contributed by atoms with E-state index in [1.54, 1.807) is 0 Å². The van der Waals surface area contributed by atoms with Crippen molar-refractivity contribution >= 4 is 17.5 Å². The van der Waals surface area contributed by atoms with Gasteiger partial charge in [-0.2, -0.15) is 0 Å². The highest BCUT2D eigenvalue weighted by atomic mass is 16.6. The molecule has 1 aliphatic heterocycles. The second kappa shape index (κ2) is 5.05. The molecule has 1 fully saturated rings. The first-order chi connectivity index (χ1) is 10.1. The summed E-state index contributed by atoms with van der Waals surface area (Å²) in [6.07, 6.45) is 0.0238. The maximum absolute atomic E-state index is 11.7. The lowest BCUT2D eigenvalue weighted by Crippen LogP contribution is -1.98. The number of furan rings is 1. The van der Waals surface area contributed by atoms with Crippen LogP contribution in [0.4, 0.5) is 0 Å². The van der Waals surface area contributed by atoms with Crippen LogP contribution in [0.1, 0.15) is 24.7 Å². The third-order valence-corrected chi connectivity index (χ3v) is 3.61. The summed E-state index contributed by atoms with van der Waals surface area (Å²) >= 11 is 0. The van der Waals surface area contributed by atoms with Crippen molar-refractivity contribution in [2.45, 2.75) is 20.3 Å². The quantitative estimate of drug-likeness (QED) is 0.480. The molecule has 4 heteroatoms. The molecule has 0 bridgehead atoms. The van der Waals surface area contributed by atoms with Crippen molar-refractivity contribution in [2.24, 2.45) is 0 Å². The Hall–Kier alpha value is -2.62. The Balaban J connectivity index is 2.05. The van der Waals surface area contributed by atoms with Crippen LogP contribution in [0.2, 0.25) is 0 Å². The smallest absolute Gasteiger partial charge is 0.342 e. The van der Waals surface area contributed by atoms with E-state index >= 15 is 0 Å². The van der Waals surface area contributed by atoms with Gasteiger partial charge in [0, 0.05) is 11.1 Å². The monoisotopic (exact) mass is 282 g/mol. The van der Waals surface area contributed by atoms with E-state index in [9.17, 15) is 9.59 Å².